The lowest BCUT2D eigenvalue weighted by Crippen LogP contribution is -2.21. The van der Waals surface area contributed by atoms with Crippen molar-refractivity contribution in [2.75, 3.05) is 0 Å². The Hall–Kier alpha value is -1.57. The van der Waals surface area contributed by atoms with Crippen molar-refractivity contribution >= 4 is 16.9 Å². The van der Waals surface area contributed by atoms with Crippen LogP contribution in [0.3, 0.4) is 0 Å². The highest BCUT2D eigenvalue weighted by atomic mass is 32.2. The Kier molecular flexibility index (Phi) is 5.35. The minimum absolute atomic E-state index is 0.0351. The number of hydrogen-bond acceptors (Lipinski definition) is 4. The maximum Gasteiger partial charge on any atom is 0.342 e. The van der Waals surface area contributed by atoms with Crippen LogP contribution >= 0.6 is 0 Å². The number of benzene rings is 1. The van der Waals surface area contributed by atoms with Crippen molar-refractivity contribution in [1.82, 2.24) is 0 Å². The van der Waals surface area contributed by atoms with Crippen LogP contribution in [0.1, 0.15) is 19.4 Å². The Morgan fingerprint density at radius 2 is 1.79 bits per heavy atom. The number of aryl methyl sites for hydroxylation is 1. The molecule has 1 aromatic carbocycles. The summed E-state index contributed by atoms with van der Waals surface area (Å²) >= 11 is 0. The van der Waals surface area contributed by atoms with Crippen LogP contribution in [-0.2, 0) is 14.8 Å². The van der Waals surface area contributed by atoms with Gasteiger partial charge in [-0.1, -0.05) is 44.2 Å². The molecule has 0 aliphatic rings. The maximum atomic E-state index is 11.8. The molecule has 1 aromatic rings. The molecule has 0 fully saturated rings. The first kappa shape index (κ1) is 15.5. The quantitative estimate of drug-likeness (QED) is 0.456. The summed E-state index contributed by atoms with van der Waals surface area (Å²) in [6.45, 7) is 5.19. The summed E-state index contributed by atoms with van der Waals surface area (Å²) < 4.78 is 31.6. The Bertz CT molecular complexity index is 538. The molecule has 0 aliphatic heterocycles. The first-order chi connectivity index (χ1) is 8.89. The van der Waals surface area contributed by atoms with Gasteiger partial charge in [0, 0.05) is 0 Å². The van der Waals surface area contributed by atoms with E-state index >= 15 is 0 Å². The van der Waals surface area contributed by atoms with Gasteiger partial charge in [-0.05, 0) is 19.1 Å². The third-order valence-corrected chi connectivity index (χ3v) is 3.86. The second-order valence-electron chi connectivity index (χ2n) is 4.15. The Morgan fingerprint density at radius 3 is 2.26 bits per heavy atom. The molecule has 0 unspecified atom stereocenters. The van der Waals surface area contributed by atoms with Crippen LogP contribution in [0.25, 0.3) is 0 Å². The molecule has 0 aliphatic carbocycles. The van der Waals surface area contributed by atoms with Crippen LogP contribution in [0.15, 0.2) is 33.7 Å². The maximum absolute atomic E-state index is 11.8. The predicted octanol–water partition coefficient (Wildman–Crippen LogP) is 2.61. The Labute approximate surface area is 113 Å². The lowest BCUT2D eigenvalue weighted by molar-refractivity contribution is -0.748. The van der Waals surface area contributed by atoms with E-state index < -0.39 is 10.0 Å². The van der Waals surface area contributed by atoms with Crippen molar-refractivity contribution in [1.29, 1.82) is 0 Å². The van der Waals surface area contributed by atoms with Crippen LogP contribution in [-0.4, -0.2) is 20.4 Å². The fraction of sp³-hybridized carbons (Fsp3) is 0.455. The highest BCUT2D eigenvalue weighted by molar-refractivity contribution is 7.89. The Morgan fingerprint density at radius 1 is 1.26 bits per heavy atom. The molecule has 0 atom stereocenters. The van der Waals surface area contributed by atoms with E-state index in [4.69, 9.17) is 4.76 Å². The summed E-state index contributed by atoms with van der Waals surface area (Å²) in [6.07, 6.45) is 1.21. The highest BCUT2D eigenvalue weighted by Crippen LogP contribution is 2.13. The zero-order valence-corrected chi connectivity index (χ0v) is 12.1. The van der Waals surface area contributed by atoms with E-state index in [-0.39, 0.29) is 16.8 Å². The summed E-state index contributed by atoms with van der Waals surface area (Å²) in [5.74, 6) is 0. The molecule has 1 rings (SSSR count). The van der Waals surface area contributed by atoms with Gasteiger partial charge in [0.1, 0.15) is 0 Å². The van der Waals surface area contributed by atoms with Gasteiger partial charge >= 0.3 is 10.0 Å². The van der Waals surface area contributed by atoms with Gasteiger partial charge in [-0.3, -0.25) is 0 Å². The molecule has 8 heteroatoms. The molecule has 0 radical (unpaired) electrons. The number of sulfonamides is 1. The lowest BCUT2D eigenvalue weighted by Gasteiger charge is -2.09. The van der Waals surface area contributed by atoms with Gasteiger partial charge in [-0.2, -0.15) is 8.42 Å². The van der Waals surface area contributed by atoms with Crippen LogP contribution < -0.4 is 0 Å². The first-order valence-corrected chi connectivity index (χ1v) is 7.51. The van der Waals surface area contributed by atoms with Gasteiger partial charge in [0.15, 0.2) is 9.54 Å². The molecule has 104 valence electrons. The standard InChI is InChI=1S/C11H17BN2O4S/c1-4-12(5-2)18-14(15)13-19(16,17)11-8-6-10(3)7-9-11/h6-9H,4-5H2,1-3H3/b14-13+. The molecule has 0 spiro atoms. The molecule has 6 nitrogen and oxygen atoms in total. The zero-order valence-electron chi connectivity index (χ0n) is 11.2. The Balaban J connectivity index is 2.92. The highest BCUT2D eigenvalue weighted by Gasteiger charge is 2.20. The zero-order chi connectivity index (χ0) is 14.5. The summed E-state index contributed by atoms with van der Waals surface area (Å²) in [7, 11) is -4.02. The van der Waals surface area contributed by atoms with E-state index in [9.17, 15) is 13.6 Å². The van der Waals surface area contributed by atoms with Gasteiger partial charge in [0.2, 0.25) is 0 Å². The second-order valence-corrected chi connectivity index (χ2v) is 5.74. The number of hydrogen-bond donors (Lipinski definition) is 0. The largest absolute Gasteiger partial charge is 0.440 e. The number of rotatable bonds is 6. The fourth-order valence-corrected chi connectivity index (χ4v) is 2.22. The third-order valence-electron chi connectivity index (χ3n) is 2.64. The fourth-order valence-electron chi connectivity index (χ4n) is 1.43. The lowest BCUT2D eigenvalue weighted by atomic mass is 9.63. The molecule has 0 saturated heterocycles. The minimum atomic E-state index is -4.02. The van der Waals surface area contributed by atoms with Crippen molar-refractivity contribution < 1.29 is 18.2 Å². The summed E-state index contributed by atoms with van der Waals surface area (Å²) in [6, 6.07) is 6.08. The van der Waals surface area contributed by atoms with Crippen molar-refractivity contribution in [2.45, 2.75) is 38.3 Å². The molecule has 0 amide bonds. The van der Waals surface area contributed by atoms with E-state index in [1.807, 2.05) is 20.8 Å². The van der Waals surface area contributed by atoms with Crippen molar-refractivity contribution in [3.63, 3.8) is 0 Å². The third kappa shape index (κ3) is 4.55. The first-order valence-electron chi connectivity index (χ1n) is 6.07. The SMILES string of the molecule is CCB(CC)O/[N+]([O-])=N/S(=O)(=O)c1ccc(C)cc1. The van der Waals surface area contributed by atoms with E-state index in [0.29, 0.717) is 12.6 Å². The van der Waals surface area contributed by atoms with Crippen LogP contribution in [0.5, 0.6) is 0 Å². The molecular weight excluding hydrogens is 267 g/mol. The van der Waals surface area contributed by atoms with E-state index in [1.54, 1.807) is 12.1 Å². The molecule has 0 bridgehead atoms. The molecular formula is C11H17BN2O4S. The van der Waals surface area contributed by atoms with Gasteiger partial charge in [-0.25, -0.2) is 5.21 Å². The molecule has 0 heterocycles. The normalized spacial score (nSPS) is 12.3. The smallest absolute Gasteiger partial charge is 0.342 e. The molecule has 0 saturated carbocycles. The van der Waals surface area contributed by atoms with Crippen LogP contribution in [0, 0.1) is 12.1 Å². The second kappa shape index (κ2) is 6.56. The van der Waals surface area contributed by atoms with Crippen molar-refractivity contribution in [2.24, 2.45) is 4.52 Å². The minimum Gasteiger partial charge on any atom is -0.440 e. The van der Waals surface area contributed by atoms with E-state index in [2.05, 4.69) is 4.52 Å². The van der Waals surface area contributed by atoms with E-state index in [1.165, 1.54) is 12.1 Å². The average molecular weight is 284 g/mol. The summed E-state index contributed by atoms with van der Waals surface area (Å²) in [5, 5.41) is 11.2. The topological polar surface area (TPSA) is 81.8 Å². The van der Waals surface area contributed by atoms with Crippen molar-refractivity contribution in [3.05, 3.63) is 35.0 Å². The molecule has 0 N–H and O–H groups in total. The molecule has 19 heavy (non-hydrogen) atoms. The van der Waals surface area contributed by atoms with Crippen molar-refractivity contribution in [3.8, 4) is 0 Å². The molecule has 0 aromatic heterocycles. The van der Waals surface area contributed by atoms with E-state index in [0.717, 1.165) is 5.56 Å². The number of nitrogens with zero attached hydrogens (tertiary/aromatic N) is 2. The summed E-state index contributed by atoms with van der Waals surface area (Å²) in [4.78, 5) is -0.0351. The predicted molar refractivity (Wildman–Crippen MR) is 72.2 cm³/mol. The monoisotopic (exact) mass is 284 g/mol. The van der Waals surface area contributed by atoms with Gasteiger partial charge in [-0.15, -0.1) is 0 Å². The van der Waals surface area contributed by atoms with Crippen LogP contribution in [0.4, 0.5) is 0 Å². The van der Waals surface area contributed by atoms with Gasteiger partial charge in [0.25, 0.3) is 6.92 Å². The average Bonchev–Trinajstić information content (AvgIpc) is 2.35. The van der Waals surface area contributed by atoms with Gasteiger partial charge < -0.3 is 4.76 Å². The van der Waals surface area contributed by atoms with Crippen LogP contribution in [0.2, 0.25) is 12.6 Å². The van der Waals surface area contributed by atoms with Gasteiger partial charge in [0.05, 0.1) is 4.90 Å². The summed E-state index contributed by atoms with van der Waals surface area (Å²) in [5.41, 5.74) is 0.922.